The van der Waals surface area contributed by atoms with Crippen molar-refractivity contribution < 1.29 is 4.74 Å². The maximum absolute atomic E-state index is 14.1. The second-order valence-corrected chi connectivity index (χ2v) is 19.8. The molecule has 4 heterocycles. The molecule has 0 fully saturated rings. The first-order valence-electron chi connectivity index (χ1n) is 16.0. The van der Waals surface area contributed by atoms with Crippen LogP contribution in [0.25, 0.3) is 21.3 Å². The lowest BCUT2D eigenvalue weighted by Crippen LogP contribution is -2.25. The lowest BCUT2D eigenvalue weighted by Gasteiger charge is -2.15. The number of aromatic nitrogens is 6. The average molecular weight is 659 g/mol. The van der Waals surface area contributed by atoms with Crippen molar-refractivity contribution in [1.29, 1.82) is 0 Å². The Hall–Kier alpha value is -4.64. The minimum atomic E-state index is -1.17. The van der Waals surface area contributed by atoms with Crippen LogP contribution in [0.5, 0.6) is 0 Å². The van der Waals surface area contributed by atoms with E-state index in [1.54, 1.807) is 16.0 Å². The molecule has 0 radical (unpaired) electrons. The number of fused-ring (bicyclic) bond motifs is 3. The SMILES string of the molecule is C[Si](C)(C)CCOCn1ccc(C(c2ccccc2)c2nc3c(s2)c2cnn(Cc4ccccc4)c(=O)c2n3Cc2ccccc2)n1. The number of hydrogen-bond donors (Lipinski definition) is 0. The van der Waals surface area contributed by atoms with Crippen LogP contribution in [0.4, 0.5) is 0 Å². The highest BCUT2D eigenvalue weighted by atomic mass is 32.1. The van der Waals surface area contributed by atoms with Gasteiger partial charge in [-0.1, -0.05) is 111 Å². The zero-order chi connectivity index (χ0) is 32.4. The molecule has 0 spiro atoms. The van der Waals surface area contributed by atoms with E-state index < -0.39 is 8.07 Å². The predicted octanol–water partition coefficient (Wildman–Crippen LogP) is 7.59. The highest BCUT2D eigenvalue weighted by Gasteiger charge is 2.27. The van der Waals surface area contributed by atoms with Crippen molar-refractivity contribution in [1.82, 2.24) is 29.1 Å². The Kier molecular flexibility index (Phi) is 8.72. The Morgan fingerprint density at radius 2 is 1.51 bits per heavy atom. The van der Waals surface area contributed by atoms with Crippen molar-refractivity contribution in [3.05, 3.63) is 147 Å². The minimum Gasteiger partial charge on any atom is -0.360 e. The summed E-state index contributed by atoms with van der Waals surface area (Å²) < 4.78 is 12.4. The normalized spacial score (nSPS) is 12.7. The number of rotatable bonds is 12. The number of hydrogen-bond acceptors (Lipinski definition) is 6. The topological polar surface area (TPSA) is 79.8 Å². The molecule has 0 aliphatic rings. The molecule has 0 amide bonds. The van der Waals surface area contributed by atoms with Gasteiger partial charge in [0.25, 0.3) is 5.56 Å². The summed E-state index contributed by atoms with van der Waals surface area (Å²) in [5, 5.41) is 11.3. The van der Waals surface area contributed by atoms with E-state index in [0.29, 0.717) is 25.3 Å². The molecule has 3 aromatic carbocycles. The van der Waals surface area contributed by atoms with Crippen molar-refractivity contribution >= 4 is 40.7 Å². The summed E-state index contributed by atoms with van der Waals surface area (Å²) in [5.74, 6) is -0.177. The smallest absolute Gasteiger partial charge is 0.291 e. The summed E-state index contributed by atoms with van der Waals surface area (Å²) in [7, 11) is -1.17. The van der Waals surface area contributed by atoms with Crippen LogP contribution in [0, 0.1) is 0 Å². The van der Waals surface area contributed by atoms with Gasteiger partial charge in [0.2, 0.25) is 0 Å². The van der Waals surface area contributed by atoms with Gasteiger partial charge >= 0.3 is 0 Å². The molecule has 47 heavy (non-hydrogen) atoms. The molecule has 7 rings (SSSR count). The van der Waals surface area contributed by atoms with Crippen LogP contribution >= 0.6 is 11.3 Å². The predicted molar refractivity (Wildman–Crippen MR) is 192 cm³/mol. The van der Waals surface area contributed by atoms with Crippen molar-refractivity contribution in [3.63, 3.8) is 0 Å². The van der Waals surface area contributed by atoms with Crippen LogP contribution in [0.15, 0.2) is 114 Å². The molecule has 8 nitrogen and oxygen atoms in total. The molecule has 0 N–H and O–H groups in total. The van der Waals surface area contributed by atoms with Gasteiger partial charge in [0.1, 0.15) is 17.3 Å². The zero-order valence-electron chi connectivity index (χ0n) is 26.9. The van der Waals surface area contributed by atoms with Crippen molar-refractivity contribution in [2.45, 2.75) is 51.4 Å². The molecule has 1 atom stereocenters. The van der Waals surface area contributed by atoms with E-state index in [1.807, 2.05) is 71.7 Å². The third-order valence-electron chi connectivity index (χ3n) is 8.33. The summed E-state index contributed by atoms with van der Waals surface area (Å²) >= 11 is 1.61. The van der Waals surface area contributed by atoms with Gasteiger partial charge in [-0.25, -0.2) is 14.3 Å². The van der Waals surface area contributed by atoms with Crippen LogP contribution in [0.1, 0.15) is 33.3 Å². The Morgan fingerprint density at radius 3 is 2.19 bits per heavy atom. The van der Waals surface area contributed by atoms with Crippen molar-refractivity contribution in [2.75, 3.05) is 6.61 Å². The Labute approximate surface area is 278 Å². The molecule has 4 aromatic heterocycles. The van der Waals surface area contributed by atoms with Crippen molar-refractivity contribution in [2.24, 2.45) is 0 Å². The second-order valence-electron chi connectivity index (χ2n) is 13.1. The Bertz CT molecular complexity index is 2170. The highest BCUT2D eigenvalue weighted by Crippen LogP contribution is 2.39. The monoisotopic (exact) mass is 658 g/mol. The summed E-state index contributed by atoms with van der Waals surface area (Å²) in [6, 6.07) is 33.7. The van der Waals surface area contributed by atoms with E-state index in [1.165, 1.54) is 0 Å². The highest BCUT2D eigenvalue weighted by molar-refractivity contribution is 7.19. The van der Waals surface area contributed by atoms with Gasteiger partial charge in [-0.05, 0) is 28.8 Å². The van der Waals surface area contributed by atoms with Gasteiger partial charge in [-0.15, -0.1) is 11.3 Å². The third-order valence-corrected chi connectivity index (χ3v) is 11.2. The van der Waals surface area contributed by atoms with Gasteiger partial charge in [0.15, 0.2) is 5.65 Å². The quantitative estimate of drug-likeness (QED) is 0.0999. The fourth-order valence-corrected chi connectivity index (χ4v) is 7.81. The molecule has 7 aromatic rings. The van der Waals surface area contributed by atoms with Crippen LogP contribution < -0.4 is 5.56 Å². The molecular weight excluding hydrogens is 621 g/mol. The zero-order valence-corrected chi connectivity index (χ0v) is 28.7. The summed E-state index contributed by atoms with van der Waals surface area (Å²) in [6.45, 7) is 9.15. The molecule has 0 saturated carbocycles. The summed E-state index contributed by atoms with van der Waals surface area (Å²) in [4.78, 5) is 19.4. The van der Waals surface area contributed by atoms with E-state index in [4.69, 9.17) is 14.8 Å². The fourth-order valence-electron chi connectivity index (χ4n) is 5.84. The first-order chi connectivity index (χ1) is 22.8. The maximum Gasteiger partial charge on any atom is 0.291 e. The lowest BCUT2D eigenvalue weighted by molar-refractivity contribution is 0.0783. The largest absolute Gasteiger partial charge is 0.360 e. The van der Waals surface area contributed by atoms with Gasteiger partial charge in [-0.3, -0.25) is 4.79 Å². The van der Waals surface area contributed by atoms with E-state index in [-0.39, 0.29) is 11.5 Å². The minimum absolute atomic E-state index is 0.124. The molecule has 0 bridgehead atoms. The third kappa shape index (κ3) is 6.76. The van der Waals surface area contributed by atoms with Crippen LogP contribution in [0.2, 0.25) is 25.7 Å². The van der Waals surface area contributed by atoms with Crippen LogP contribution in [-0.4, -0.2) is 43.8 Å². The van der Waals surface area contributed by atoms with E-state index in [0.717, 1.165) is 55.8 Å². The molecule has 238 valence electrons. The van der Waals surface area contributed by atoms with Crippen LogP contribution in [0.3, 0.4) is 0 Å². The van der Waals surface area contributed by atoms with E-state index in [9.17, 15) is 4.79 Å². The summed E-state index contributed by atoms with van der Waals surface area (Å²) in [5.41, 5.74) is 5.42. The van der Waals surface area contributed by atoms with Gasteiger partial charge < -0.3 is 9.30 Å². The molecule has 0 saturated heterocycles. The average Bonchev–Trinajstić information content (AvgIpc) is 3.78. The maximum atomic E-state index is 14.1. The molecule has 10 heteroatoms. The first-order valence-corrected chi connectivity index (χ1v) is 20.5. The molecule has 0 aliphatic carbocycles. The molecule has 1 unspecified atom stereocenters. The van der Waals surface area contributed by atoms with Crippen LogP contribution in [-0.2, 0) is 24.6 Å². The first kappa shape index (κ1) is 31.0. The number of thiazole rings is 1. The van der Waals surface area contributed by atoms with E-state index >= 15 is 0 Å². The van der Waals surface area contributed by atoms with Gasteiger partial charge in [-0.2, -0.15) is 10.2 Å². The number of benzene rings is 3. The standard InChI is InChI=1S/C37H38N6O2SSi/c1-47(2,3)22-21-45-26-41-20-19-31(40-41)32(29-17-11-6-12-18-29)36-39-35-34(46-36)30-23-38-43(25-28-15-9-5-10-16-28)37(44)33(30)42(35)24-27-13-7-4-8-14-27/h4-20,23,32H,21-22,24-26H2,1-3H3. The number of nitrogens with zero attached hydrogens (tertiary/aromatic N) is 6. The fraction of sp³-hybridized carbons (Fsp3) is 0.243. The van der Waals surface area contributed by atoms with Gasteiger partial charge in [0.05, 0.1) is 29.1 Å². The van der Waals surface area contributed by atoms with Gasteiger partial charge in [0, 0.05) is 32.8 Å². The van der Waals surface area contributed by atoms with Crippen molar-refractivity contribution in [3.8, 4) is 0 Å². The Morgan fingerprint density at radius 1 is 0.851 bits per heavy atom. The number of ether oxygens (including phenoxy) is 1. The molecule has 0 aliphatic heterocycles. The molecular formula is C37H38N6O2SSi. The second kappa shape index (κ2) is 13.2. The summed E-state index contributed by atoms with van der Waals surface area (Å²) in [6.07, 6.45) is 3.81. The lowest BCUT2D eigenvalue weighted by atomic mass is 9.96. The van der Waals surface area contributed by atoms with E-state index in [2.05, 4.69) is 71.8 Å². The Balaban J connectivity index is 1.31.